The highest BCUT2D eigenvalue weighted by molar-refractivity contribution is 7.89. The lowest BCUT2D eigenvalue weighted by Gasteiger charge is -2.39. The van der Waals surface area contributed by atoms with Crippen LogP contribution in [-0.2, 0) is 28.5 Å². The lowest BCUT2D eigenvalue weighted by Crippen LogP contribution is -2.35. The van der Waals surface area contributed by atoms with Crippen LogP contribution in [0.25, 0.3) is 0 Å². The van der Waals surface area contributed by atoms with Gasteiger partial charge in [-0.15, -0.1) is 0 Å². The van der Waals surface area contributed by atoms with Crippen LogP contribution in [0.3, 0.4) is 0 Å². The van der Waals surface area contributed by atoms with E-state index in [1.807, 2.05) is 0 Å². The molecule has 5 rings (SSSR count). The van der Waals surface area contributed by atoms with Crippen molar-refractivity contribution in [2.24, 2.45) is 11.8 Å². The molecule has 2 fully saturated rings. The lowest BCUT2D eigenvalue weighted by atomic mass is 9.66. The topological polar surface area (TPSA) is 109 Å². The van der Waals surface area contributed by atoms with E-state index < -0.39 is 26.7 Å². The summed E-state index contributed by atoms with van der Waals surface area (Å²) in [6.45, 7) is 3.09. The maximum atomic E-state index is 13.2. The van der Waals surface area contributed by atoms with Gasteiger partial charge in [-0.25, -0.2) is 9.52 Å². The van der Waals surface area contributed by atoms with E-state index in [0.29, 0.717) is 23.3 Å². The number of rotatable bonds is 7. The molecule has 1 aromatic carbocycles. The zero-order chi connectivity index (χ0) is 26.9. The predicted molar refractivity (Wildman–Crippen MR) is 148 cm³/mol. The molecule has 38 heavy (non-hydrogen) atoms. The van der Waals surface area contributed by atoms with Gasteiger partial charge in [0.15, 0.2) is 0 Å². The summed E-state index contributed by atoms with van der Waals surface area (Å²) in [7, 11) is -4.25. The normalized spacial score (nSPS) is 19.5. The Labute approximate surface area is 226 Å². The van der Waals surface area contributed by atoms with Crippen LogP contribution < -0.4 is 10.0 Å². The summed E-state index contributed by atoms with van der Waals surface area (Å²) >= 11 is 0. The number of hydrogen-bond acceptors (Lipinski definition) is 5. The molecule has 3 N–H and O–H groups in total. The predicted octanol–water partition coefficient (Wildman–Crippen LogP) is 6.75. The fourth-order valence-electron chi connectivity index (χ4n) is 7.08. The van der Waals surface area contributed by atoms with Crippen molar-refractivity contribution >= 4 is 21.7 Å². The number of urea groups is 1. The van der Waals surface area contributed by atoms with E-state index in [-0.39, 0.29) is 0 Å². The lowest BCUT2D eigenvalue weighted by molar-refractivity contribution is 0.0779. The van der Waals surface area contributed by atoms with Gasteiger partial charge in [0.1, 0.15) is 0 Å². The molecule has 0 spiro atoms. The highest BCUT2D eigenvalue weighted by Crippen LogP contribution is 2.49. The Balaban J connectivity index is 1.45. The second-order valence-electron chi connectivity index (χ2n) is 12.1. The van der Waals surface area contributed by atoms with Gasteiger partial charge in [-0.05, 0) is 93.2 Å². The fourth-order valence-corrected chi connectivity index (χ4v) is 7.93. The van der Waals surface area contributed by atoms with Gasteiger partial charge in [0.25, 0.3) is 10.0 Å². The number of sulfonamides is 1. The number of fused-ring (bicyclic) bond motifs is 1. The van der Waals surface area contributed by atoms with Gasteiger partial charge < -0.3 is 14.8 Å². The molecule has 2 saturated carbocycles. The smallest absolute Gasteiger partial charge is 0.333 e. The molecule has 7 nitrogen and oxygen atoms in total. The first-order valence-electron chi connectivity index (χ1n) is 14.4. The first kappa shape index (κ1) is 27.3. The summed E-state index contributed by atoms with van der Waals surface area (Å²) in [6, 6.07) is 4.95. The van der Waals surface area contributed by atoms with Crippen molar-refractivity contribution in [2.45, 2.75) is 114 Å². The van der Waals surface area contributed by atoms with Gasteiger partial charge in [0.2, 0.25) is 5.09 Å². The molecule has 208 valence electrons. The summed E-state index contributed by atoms with van der Waals surface area (Å²) < 4.78 is 33.3. The molecule has 2 aromatic rings. The molecule has 3 aliphatic carbocycles. The Bertz CT molecular complexity index is 1230. The molecule has 0 unspecified atom stereocenters. The highest BCUT2D eigenvalue weighted by atomic mass is 32.2. The summed E-state index contributed by atoms with van der Waals surface area (Å²) in [5.41, 5.74) is 3.49. The number of hydrogen-bond donors (Lipinski definition) is 3. The minimum Gasteiger partial charge on any atom is -0.451 e. The maximum absolute atomic E-state index is 13.2. The second kappa shape index (κ2) is 11.0. The molecule has 0 radical (unpaired) electrons. The van der Waals surface area contributed by atoms with Crippen LogP contribution in [0.1, 0.15) is 113 Å². The van der Waals surface area contributed by atoms with Crippen molar-refractivity contribution in [3.8, 4) is 0 Å². The zero-order valence-corrected chi connectivity index (χ0v) is 23.5. The van der Waals surface area contributed by atoms with Gasteiger partial charge in [0, 0.05) is 17.3 Å². The number of benzene rings is 1. The van der Waals surface area contributed by atoms with Gasteiger partial charge >= 0.3 is 6.03 Å². The molecule has 0 atom stereocenters. The van der Waals surface area contributed by atoms with Gasteiger partial charge in [-0.2, -0.15) is 8.42 Å². The van der Waals surface area contributed by atoms with Crippen LogP contribution in [0, 0.1) is 11.8 Å². The molecule has 2 amide bonds. The molecule has 0 aliphatic heterocycles. The Hall–Kier alpha value is -2.32. The quantitative estimate of drug-likeness (QED) is 0.359. The molecule has 1 heterocycles. The molecular formula is C30H42N2O5S. The molecule has 8 heteroatoms. The van der Waals surface area contributed by atoms with Crippen molar-refractivity contribution in [3.05, 3.63) is 46.7 Å². The number of furan rings is 1. The number of amides is 2. The molecule has 0 saturated heterocycles. The number of anilines is 1. The van der Waals surface area contributed by atoms with E-state index in [0.717, 1.165) is 30.5 Å². The number of carbonyl (C=O) groups excluding carboxylic acids is 1. The van der Waals surface area contributed by atoms with Crippen LogP contribution in [0.2, 0.25) is 0 Å². The molecular weight excluding hydrogens is 500 g/mol. The van der Waals surface area contributed by atoms with Crippen molar-refractivity contribution in [1.82, 2.24) is 4.72 Å². The van der Waals surface area contributed by atoms with Crippen molar-refractivity contribution in [2.75, 3.05) is 5.32 Å². The Morgan fingerprint density at radius 3 is 2.18 bits per heavy atom. The summed E-state index contributed by atoms with van der Waals surface area (Å²) in [5, 5.41) is 12.8. The first-order chi connectivity index (χ1) is 18.1. The zero-order valence-electron chi connectivity index (χ0n) is 22.7. The minimum absolute atomic E-state index is 0.323. The molecule has 3 aliphatic rings. The third kappa shape index (κ3) is 5.81. The number of aliphatic hydroxyl groups is 1. The average Bonchev–Trinajstić information content (AvgIpc) is 3.57. The van der Waals surface area contributed by atoms with Gasteiger partial charge in [-0.1, -0.05) is 50.7 Å². The summed E-state index contributed by atoms with van der Waals surface area (Å²) in [6.07, 6.45) is 16.6. The molecule has 1 aromatic heterocycles. The standard InChI is InChI=1S/C30H42N2O5S/c1-30(2,34)23-18-26(37-19-23)38(35,36)32-29(33)31-28-24-15-9-14-20(24)16-17-25(28)27(21-10-5-3-6-11-21)22-12-7-4-8-13-22/h16-19,21-22,27,34H,3-15H2,1-2H3,(H2,31,32,33). The molecule has 0 bridgehead atoms. The number of carbonyl (C=O) groups is 1. The largest absolute Gasteiger partial charge is 0.451 e. The monoisotopic (exact) mass is 542 g/mol. The van der Waals surface area contributed by atoms with Crippen molar-refractivity contribution in [1.29, 1.82) is 0 Å². The first-order valence-corrected chi connectivity index (χ1v) is 15.9. The van der Waals surface area contributed by atoms with Crippen LogP contribution in [0.15, 0.2) is 34.0 Å². The second-order valence-corrected chi connectivity index (χ2v) is 13.7. The van der Waals surface area contributed by atoms with E-state index in [4.69, 9.17) is 4.42 Å². The number of aryl methyl sites for hydroxylation is 1. The third-order valence-electron chi connectivity index (χ3n) is 9.00. The third-order valence-corrected chi connectivity index (χ3v) is 10.2. The van der Waals surface area contributed by atoms with E-state index in [2.05, 4.69) is 22.2 Å². The van der Waals surface area contributed by atoms with Crippen molar-refractivity contribution < 1.29 is 22.7 Å². The van der Waals surface area contributed by atoms with Crippen LogP contribution >= 0.6 is 0 Å². The van der Waals surface area contributed by atoms with Crippen LogP contribution in [0.4, 0.5) is 10.5 Å². The SMILES string of the molecule is CC(C)(O)c1coc(S(=O)(=O)NC(=O)Nc2c(C(C3CCCCC3)C3CCCCC3)ccc3c2CCC3)c1. The van der Waals surface area contributed by atoms with Crippen LogP contribution in [0.5, 0.6) is 0 Å². The highest BCUT2D eigenvalue weighted by Gasteiger charge is 2.36. The Morgan fingerprint density at radius 1 is 0.974 bits per heavy atom. The van der Waals surface area contributed by atoms with Gasteiger partial charge in [-0.3, -0.25) is 0 Å². The average molecular weight is 543 g/mol. The Kier molecular flexibility index (Phi) is 7.92. The maximum Gasteiger partial charge on any atom is 0.333 e. The van der Waals surface area contributed by atoms with E-state index in [1.165, 1.54) is 87.7 Å². The van der Waals surface area contributed by atoms with E-state index >= 15 is 0 Å². The fraction of sp³-hybridized carbons (Fsp3) is 0.633. The number of nitrogens with one attached hydrogen (secondary N) is 2. The minimum atomic E-state index is -4.25. The summed E-state index contributed by atoms with van der Waals surface area (Å²) in [5.74, 6) is 1.58. The van der Waals surface area contributed by atoms with Crippen molar-refractivity contribution in [3.63, 3.8) is 0 Å². The van der Waals surface area contributed by atoms with E-state index in [9.17, 15) is 18.3 Å². The van der Waals surface area contributed by atoms with Crippen LogP contribution in [-0.4, -0.2) is 19.6 Å². The Morgan fingerprint density at radius 2 is 1.61 bits per heavy atom. The summed E-state index contributed by atoms with van der Waals surface area (Å²) in [4.78, 5) is 13.2. The van der Waals surface area contributed by atoms with Gasteiger partial charge in [0.05, 0.1) is 11.9 Å². The van der Waals surface area contributed by atoms with E-state index in [1.54, 1.807) is 13.8 Å².